The fourth-order valence-electron chi connectivity index (χ4n) is 1.32. The molecule has 0 fully saturated rings. The number of ether oxygens (including phenoxy) is 1. The maximum absolute atomic E-state index is 11.4. The third kappa shape index (κ3) is 3.20. The number of hydrogen-bond acceptors (Lipinski definition) is 3. The smallest absolute Gasteiger partial charge is 0.338 e. The van der Waals surface area contributed by atoms with Crippen LogP contribution in [0.5, 0.6) is 0 Å². The summed E-state index contributed by atoms with van der Waals surface area (Å²) in [7, 11) is 1.36. The minimum atomic E-state index is -0.356. The summed E-state index contributed by atoms with van der Waals surface area (Å²) < 4.78 is 4.69. The highest BCUT2D eigenvalue weighted by molar-refractivity contribution is 6.29. The van der Waals surface area contributed by atoms with Crippen LogP contribution in [0.15, 0.2) is 12.3 Å². The summed E-state index contributed by atoms with van der Waals surface area (Å²) in [5.41, 5.74) is 1.42. The quantitative estimate of drug-likeness (QED) is 0.587. The number of aryl methyl sites for hydroxylation is 1. The van der Waals surface area contributed by atoms with Gasteiger partial charge in [0.25, 0.3) is 0 Å². The zero-order valence-corrected chi connectivity index (χ0v) is 9.67. The highest BCUT2D eigenvalue weighted by Gasteiger charge is 2.12. The lowest BCUT2D eigenvalue weighted by atomic mass is 10.1. The molecule has 0 atom stereocenters. The molecule has 0 aliphatic carbocycles. The number of aromatic nitrogens is 1. The summed E-state index contributed by atoms with van der Waals surface area (Å²) >= 11 is 5.73. The zero-order chi connectivity index (χ0) is 11.3. The van der Waals surface area contributed by atoms with Crippen LogP contribution in [0.2, 0.25) is 5.15 Å². The maximum atomic E-state index is 11.4. The second-order valence-corrected chi connectivity index (χ2v) is 3.65. The van der Waals surface area contributed by atoms with E-state index in [1.54, 1.807) is 12.3 Å². The van der Waals surface area contributed by atoms with E-state index < -0.39 is 0 Å². The van der Waals surface area contributed by atoms with Crippen molar-refractivity contribution in [3.8, 4) is 0 Å². The van der Waals surface area contributed by atoms with Gasteiger partial charge in [0, 0.05) is 6.20 Å². The molecular formula is C11H14ClNO2. The van der Waals surface area contributed by atoms with Gasteiger partial charge in [-0.15, -0.1) is 0 Å². The number of unbranched alkanes of at least 4 members (excludes halogenated alkanes) is 1. The predicted molar refractivity (Wildman–Crippen MR) is 59.2 cm³/mol. The molecule has 0 aliphatic heterocycles. The second-order valence-electron chi connectivity index (χ2n) is 3.26. The number of hydrogen-bond donors (Lipinski definition) is 0. The molecule has 0 aliphatic rings. The molecule has 0 spiro atoms. The first-order chi connectivity index (χ1) is 7.19. The summed E-state index contributed by atoms with van der Waals surface area (Å²) in [4.78, 5) is 15.4. The van der Waals surface area contributed by atoms with Crippen molar-refractivity contribution in [3.05, 3.63) is 28.5 Å². The second kappa shape index (κ2) is 5.71. The van der Waals surface area contributed by atoms with Gasteiger partial charge in [-0.1, -0.05) is 24.9 Å². The summed E-state index contributed by atoms with van der Waals surface area (Å²) in [6, 6.07) is 1.55. The number of carbonyl (C=O) groups excluding carboxylic acids is 1. The molecule has 1 aromatic heterocycles. The van der Waals surface area contributed by atoms with E-state index in [0.29, 0.717) is 10.7 Å². The van der Waals surface area contributed by atoms with Crippen LogP contribution in [0.4, 0.5) is 0 Å². The van der Waals surface area contributed by atoms with Crippen LogP contribution >= 0.6 is 11.6 Å². The molecule has 82 valence electrons. The Hall–Kier alpha value is -1.09. The van der Waals surface area contributed by atoms with Crippen molar-refractivity contribution >= 4 is 17.6 Å². The molecule has 3 nitrogen and oxygen atoms in total. The lowest BCUT2D eigenvalue weighted by molar-refractivity contribution is 0.0599. The first-order valence-electron chi connectivity index (χ1n) is 4.91. The Morgan fingerprint density at radius 2 is 2.33 bits per heavy atom. The molecule has 0 bridgehead atoms. The number of rotatable bonds is 4. The van der Waals surface area contributed by atoms with Crippen molar-refractivity contribution in [1.82, 2.24) is 4.98 Å². The number of carbonyl (C=O) groups is 1. The first-order valence-corrected chi connectivity index (χ1v) is 5.29. The van der Waals surface area contributed by atoms with Crippen molar-refractivity contribution in [1.29, 1.82) is 0 Å². The van der Waals surface area contributed by atoms with Gasteiger partial charge in [-0.25, -0.2) is 9.78 Å². The Balaban J connectivity index is 2.97. The lowest BCUT2D eigenvalue weighted by Crippen LogP contribution is -2.06. The van der Waals surface area contributed by atoms with Crippen LogP contribution in [0.25, 0.3) is 0 Å². The van der Waals surface area contributed by atoms with Crippen molar-refractivity contribution in [2.45, 2.75) is 26.2 Å². The van der Waals surface area contributed by atoms with Crippen LogP contribution < -0.4 is 0 Å². The van der Waals surface area contributed by atoms with Crippen LogP contribution in [0, 0.1) is 0 Å². The fraction of sp³-hybridized carbons (Fsp3) is 0.455. The zero-order valence-electron chi connectivity index (χ0n) is 8.92. The maximum Gasteiger partial charge on any atom is 0.338 e. The van der Waals surface area contributed by atoms with E-state index >= 15 is 0 Å². The molecular weight excluding hydrogens is 214 g/mol. The minimum Gasteiger partial charge on any atom is -0.465 e. The van der Waals surface area contributed by atoms with E-state index in [1.165, 1.54) is 7.11 Å². The van der Waals surface area contributed by atoms with Crippen molar-refractivity contribution in [3.63, 3.8) is 0 Å². The van der Waals surface area contributed by atoms with E-state index in [0.717, 1.165) is 24.8 Å². The average Bonchev–Trinajstić information content (AvgIpc) is 2.26. The number of methoxy groups -OCH3 is 1. The molecule has 0 saturated carbocycles. The molecule has 1 rings (SSSR count). The van der Waals surface area contributed by atoms with E-state index in [2.05, 4.69) is 16.6 Å². The van der Waals surface area contributed by atoms with Crippen molar-refractivity contribution in [2.75, 3.05) is 7.11 Å². The highest BCUT2D eigenvalue weighted by Crippen LogP contribution is 2.16. The van der Waals surface area contributed by atoms with E-state index in [4.69, 9.17) is 11.6 Å². The predicted octanol–water partition coefficient (Wildman–Crippen LogP) is 2.86. The van der Waals surface area contributed by atoms with E-state index in [9.17, 15) is 4.79 Å². The highest BCUT2D eigenvalue weighted by atomic mass is 35.5. The van der Waals surface area contributed by atoms with Crippen molar-refractivity contribution < 1.29 is 9.53 Å². The van der Waals surface area contributed by atoms with Gasteiger partial charge in [-0.2, -0.15) is 0 Å². The van der Waals surface area contributed by atoms with Crippen LogP contribution in [-0.2, 0) is 11.2 Å². The molecule has 15 heavy (non-hydrogen) atoms. The van der Waals surface area contributed by atoms with Gasteiger partial charge in [-0.05, 0) is 24.5 Å². The summed E-state index contributed by atoms with van der Waals surface area (Å²) in [6.07, 6.45) is 4.56. The molecule has 0 radical (unpaired) electrons. The standard InChI is InChI=1S/C11H14ClNO2/c1-3-4-5-8-7-13-10(12)6-9(8)11(14)15-2/h6-7H,3-5H2,1-2H3. The number of nitrogens with zero attached hydrogens (tertiary/aromatic N) is 1. The molecule has 1 aromatic rings. The number of esters is 1. The third-order valence-electron chi connectivity index (χ3n) is 2.16. The summed E-state index contributed by atoms with van der Waals surface area (Å²) in [5.74, 6) is -0.356. The Bertz CT molecular complexity index is 352. The van der Waals surface area contributed by atoms with Crippen LogP contribution in [-0.4, -0.2) is 18.1 Å². The van der Waals surface area contributed by atoms with Crippen LogP contribution in [0.1, 0.15) is 35.7 Å². The third-order valence-corrected chi connectivity index (χ3v) is 2.36. The Morgan fingerprint density at radius 1 is 1.60 bits per heavy atom. The van der Waals surface area contributed by atoms with Crippen LogP contribution in [0.3, 0.4) is 0 Å². The SMILES string of the molecule is CCCCc1cnc(Cl)cc1C(=O)OC. The normalized spacial score (nSPS) is 10.1. The molecule has 0 N–H and O–H groups in total. The molecule has 0 amide bonds. The Morgan fingerprint density at radius 3 is 2.93 bits per heavy atom. The van der Waals surface area contributed by atoms with Gasteiger partial charge in [0.2, 0.25) is 0 Å². The van der Waals surface area contributed by atoms with Gasteiger partial charge >= 0.3 is 5.97 Å². The van der Waals surface area contributed by atoms with Crippen molar-refractivity contribution in [2.24, 2.45) is 0 Å². The first kappa shape index (κ1) is 12.0. The minimum absolute atomic E-state index is 0.315. The average molecular weight is 228 g/mol. The molecule has 0 saturated heterocycles. The summed E-state index contributed by atoms with van der Waals surface area (Å²) in [5, 5.41) is 0.315. The fourth-order valence-corrected chi connectivity index (χ4v) is 1.48. The molecule has 4 heteroatoms. The number of halogens is 1. The van der Waals surface area contributed by atoms with E-state index in [-0.39, 0.29) is 5.97 Å². The topological polar surface area (TPSA) is 39.2 Å². The van der Waals surface area contributed by atoms with E-state index in [1.807, 2.05) is 0 Å². The lowest BCUT2D eigenvalue weighted by Gasteiger charge is -2.06. The monoisotopic (exact) mass is 227 g/mol. The number of pyridine rings is 1. The van der Waals surface area contributed by atoms with Gasteiger partial charge in [-0.3, -0.25) is 0 Å². The van der Waals surface area contributed by atoms with Gasteiger partial charge in [0.1, 0.15) is 5.15 Å². The van der Waals surface area contributed by atoms with Gasteiger partial charge < -0.3 is 4.74 Å². The molecule has 0 unspecified atom stereocenters. The van der Waals surface area contributed by atoms with Gasteiger partial charge in [0.15, 0.2) is 0 Å². The summed E-state index contributed by atoms with van der Waals surface area (Å²) in [6.45, 7) is 2.10. The largest absolute Gasteiger partial charge is 0.465 e. The Labute approximate surface area is 94.4 Å². The molecule has 0 aromatic carbocycles. The molecule has 1 heterocycles. The Kier molecular flexibility index (Phi) is 4.56. The van der Waals surface area contributed by atoms with Gasteiger partial charge in [0.05, 0.1) is 12.7 Å².